The zero-order chi connectivity index (χ0) is 7.28. The highest BCUT2D eigenvalue weighted by atomic mass is 14.8. The third kappa shape index (κ3) is 5.57. The summed E-state index contributed by atoms with van der Waals surface area (Å²) in [7, 11) is 1.99. The number of allylic oxidation sites excluding steroid dienone is 1. The zero-order valence-corrected chi connectivity index (χ0v) is 6.70. The Kier molecular flexibility index (Phi) is 4.41. The number of hydrogen-bond donors (Lipinski definition) is 1. The molecule has 0 aromatic rings. The molecule has 0 fully saturated rings. The van der Waals surface area contributed by atoms with E-state index in [0.717, 1.165) is 6.42 Å². The Labute approximate surface area is 58.2 Å². The third-order valence-electron chi connectivity index (χ3n) is 1.50. The Morgan fingerprint density at radius 1 is 1.67 bits per heavy atom. The summed E-state index contributed by atoms with van der Waals surface area (Å²) < 4.78 is 0. The third-order valence-corrected chi connectivity index (χ3v) is 1.50. The van der Waals surface area contributed by atoms with E-state index < -0.39 is 0 Å². The molecular weight excluding hydrogens is 110 g/mol. The van der Waals surface area contributed by atoms with Crippen LogP contribution in [0.25, 0.3) is 0 Å². The van der Waals surface area contributed by atoms with Gasteiger partial charge in [0, 0.05) is 6.04 Å². The van der Waals surface area contributed by atoms with Gasteiger partial charge in [0.2, 0.25) is 0 Å². The van der Waals surface area contributed by atoms with Gasteiger partial charge in [-0.05, 0) is 33.7 Å². The summed E-state index contributed by atoms with van der Waals surface area (Å²) >= 11 is 0. The topological polar surface area (TPSA) is 12.0 Å². The van der Waals surface area contributed by atoms with Crippen LogP contribution in [-0.2, 0) is 0 Å². The average Bonchev–Trinajstić information content (AvgIpc) is 1.83. The van der Waals surface area contributed by atoms with Gasteiger partial charge >= 0.3 is 0 Å². The molecule has 0 heterocycles. The van der Waals surface area contributed by atoms with Crippen molar-refractivity contribution in [3.8, 4) is 0 Å². The highest BCUT2D eigenvalue weighted by Crippen LogP contribution is 2.02. The molecule has 0 aliphatic carbocycles. The average molecular weight is 127 g/mol. The Morgan fingerprint density at radius 3 is 2.56 bits per heavy atom. The van der Waals surface area contributed by atoms with Gasteiger partial charge in [0.15, 0.2) is 0 Å². The summed E-state index contributed by atoms with van der Waals surface area (Å²) in [5.41, 5.74) is 1.28. The van der Waals surface area contributed by atoms with Crippen molar-refractivity contribution in [2.75, 3.05) is 7.05 Å². The monoisotopic (exact) mass is 127 g/mol. The Morgan fingerprint density at radius 2 is 2.22 bits per heavy atom. The Bertz CT molecular complexity index is 86.6. The van der Waals surface area contributed by atoms with Crippen molar-refractivity contribution in [1.82, 2.24) is 5.32 Å². The van der Waals surface area contributed by atoms with Crippen LogP contribution in [0.3, 0.4) is 0 Å². The van der Waals surface area contributed by atoms with Crippen molar-refractivity contribution >= 4 is 0 Å². The lowest BCUT2D eigenvalue weighted by atomic mass is 10.1. The van der Waals surface area contributed by atoms with Gasteiger partial charge in [-0.25, -0.2) is 0 Å². The fourth-order valence-electron chi connectivity index (χ4n) is 0.607. The van der Waals surface area contributed by atoms with Crippen LogP contribution >= 0.6 is 0 Å². The normalized spacial score (nSPS) is 13.2. The summed E-state index contributed by atoms with van der Waals surface area (Å²) in [5, 5.41) is 3.18. The van der Waals surface area contributed by atoms with Gasteiger partial charge < -0.3 is 5.32 Å². The summed E-state index contributed by atoms with van der Waals surface area (Å²) in [6.45, 7) is 8.09. The molecule has 1 atom stereocenters. The first-order valence-electron chi connectivity index (χ1n) is 3.48. The minimum absolute atomic E-state index is 0.627. The van der Waals surface area contributed by atoms with Crippen LogP contribution in [-0.4, -0.2) is 13.1 Å². The predicted octanol–water partition coefficient (Wildman–Crippen LogP) is 1.95. The number of nitrogens with one attached hydrogen (secondary N) is 1. The van der Waals surface area contributed by atoms with Gasteiger partial charge in [-0.15, -0.1) is 6.58 Å². The van der Waals surface area contributed by atoms with E-state index in [2.05, 4.69) is 25.7 Å². The van der Waals surface area contributed by atoms with E-state index >= 15 is 0 Å². The van der Waals surface area contributed by atoms with E-state index in [0.29, 0.717) is 6.04 Å². The molecule has 9 heavy (non-hydrogen) atoms. The maximum Gasteiger partial charge on any atom is 0.00387 e. The van der Waals surface area contributed by atoms with Gasteiger partial charge in [-0.1, -0.05) is 5.57 Å². The summed E-state index contributed by atoms with van der Waals surface area (Å²) in [5.74, 6) is 0. The fraction of sp³-hybridized carbons (Fsp3) is 0.750. The van der Waals surface area contributed by atoms with Gasteiger partial charge in [0.25, 0.3) is 0 Å². The van der Waals surface area contributed by atoms with E-state index in [4.69, 9.17) is 0 Å². The maximum absolute atomic E-state index is 3.83. The molecule has 0 amide bonds. The molecule has 1 heteroatoms. The molecular formula is C8H17N. The molecule has 0 saturated heterocycles. The number of hydrogen-bond acceptors (Lipinski definition) is 1. The molecule has 1 unspecified atom stereocenters. The lowest BCUT2D eigenvalue weighted by Gasteiger charge is -2.08. The Hall–Kier alpha value is -0.300. The van der Waals surface area contributed by atoms with Crippen LogP contribution in [0.15, 0.2) is 12.2 Å². The quantitative estimate of drug-likeness (QED) is 0.569. The first kappa shape index (κ1) is 8.70. The molecule has 0 aromatic carbocycles. The highest BCUT2D eigenvalue weighted by Gasteiger charge is 1.95. The first-order valence-corrected chi connectivity index (χ1v) is 3.48. The molecule has 0 aliphatic rings. The molecule has 0 aromatic heterocycles. The predicted molar refractivity (Wildman–Crippen MR) is 42.6 cm³/mol. The minimum atomic E-state index is 0.627. The van der Waals surface area contributed by atoms with Gasteiger partial charge in [0.05, 0.1) is 0 Å². The zero-order valence-electron chi connectivity index (χ0n) is 6.70. The van der Waals surface area contributed by atoms with E-state index in [1.54, 1.807) is 0 Å². The van der Waals surface area contributed by atoms with Crippen LogP contribution in [0.2, 0.25) is 0 Å². The van der Waals surface area contributed by atoms with E-state index in [1.807, 2.05) is 7.05 Å². The lowest BCUT2D eigenvalue weighted by Crippen LogP contribution is -2.20. The largest absolute Gasteiger partial charge is 0.317 e. The summed E-state index contributed by atoms with van der Waals surface area (Å²) in [6.07, 6.45) is 2.34. The van der Waals surface area contributed by atoms with E-state index in [9.17, 15) is 0 Å². The van der Waals surface area contributed by atoms with Crippen molar-refractivity contribution in [2.45, 2.75) is 32.7 Å². The maximum atomic E-state index is 3.83. The smallest absolute Gasteiger partial charge is 0.00387 e. The molecule has 1 nitrogen and oxygen atoms in total. The van der Waals surface area contributed by atoms with Crippen molar-refractivity contribution in [1.29, 1.82) is 0 Å². The van der Waals surface area contributed by atoms with Crippen LogP contribution in [0, 0.1) is 0 Å². The minimum Gasteiger partial charge on any atom is -0.317 e. The first-order chi connectivity index (χ1) is 4.16. The van der Waals surface area contributed by atoms with Gasteiger partial charge in [-0.3, -0.25) is 0 Å². The molecule has 0 bridgehead atoms. The molecule has 0 saturated carbocycles. The second-order valence-corrected chi connectivity index (χ2v) is 2.69. The van der Waals surface area contributed by atoms with Gasteiger partial charge in [0.1, 0.15) is 0 Å². The summed E-state index contributed by atoms with van der Waals surface area (Å²) in [4.78, 5) is 0. The molecule has 0 spiro atoms. The fourth-order valence-corrected chi connectivity index (χ4v) is 0.607. The van der Waals surface area contributed by atoms with Crippen molar-refractivity contribution in [3.05, 3.63) is 12.2 Å². The SMILES string of the molecule is C=C(C)CCC(C)NC. The molecule has 0 aliphatic heterocycles. The van der Waals surface area contributed by atoms with Crippen molar-refractivity contribution in [3.63, 3.8) is 0 Å². The standard InChI is InChI=1S/C8H17N/c1-7(2)5-6-8(3)9-4/h8-9H,1,5-6H2,2-4H3. The Balaban J connectivity index is 3.16. The van der Waals surface area contributed by atoms with Crippen molar-refractivity contribution < 1.29 is 0 Å². The molecule has 0 rings (SSSR count). The second-order valence-electron chi connectivity index (χ2n) is 2.69. The van der Waals surface area contributed by atoms with Crippen LogP contribution in [0.4, 0.5) is 0 Å². The molecule has 1 N–H and O–H groups in total. The van der Waals surface area contributed by atoms with E-state index in [1.165, 1.54) is 12.0 Å². The molecule has 54 valence electrons. The van der Waals surface area contributed by atoms with Crippen LogP contribution in [0.1, 0.15) is 26.7 Å². The van der Waals surface area contributed by atoms with Crippen LogP contribution in [0.5, 0.6) is 0 Å². The molecule has 0 radical (unpaired) electrons. The lowest BCUT2D eigenvalue weighted by molar-refractivity contribution is 0.564. The summed E-state index contributed by atoms with van der Waals surface area (Å²) in [6, 6.07) is 0.627. The van der Waals surface area contributed by atoms with Crippen molar-refractivity contribution in [2.24, 2.45) is 0 Å². The second kappa shape index (κ2) is 4.57. The van der Waals surface area contributed by atoms with E-state index in [-0.39, 0.29) is 0 Å². The number of rotatable bonds is 4. The van der Waals surface area contributed by atoms with Crippen LogP contribution < -0.4 is 5.32 Å². The highest BCUT2D eigenvalue weighted by molar-refractivity contribution is 4.88. The van der Waals surface area contributed by atoms with Gasteiger partial charge in [-0.2, -0.15) is 0 Å².